The molecule has 0 bridgehead atoms. The monoisotopic (exact) mass is 245 g/mol. The number of hydrogen-bond donors (Lipinski definition) is 2. The first kappa shape index (κ1) is 8.62. The van der Waals surface area contributed by atoms with Crippen LogP contribution in [0.2, 0.25) is 0 Å². The normalized spacial score (nSPS) is 15.8. The summed E-state index contributed by atoms with van der Waals surface area (Å²) in [4.78, 5) is 10.5. The Bertz CT molecular complexity index is 343. The van der Waals surface area contributed by atoms with Gasteiger partial charge in [0.1, 0.15) is 0 Å². The highest BCUT2D eigenvalue weighted by atomic mass is 79.9. The molecule has 1 saturated carbocycles. The molecule has 0 saturated heterocycles. The second-order valence-electron chi connectivity index (χ2n) is 3.01. The lowest BCUT2D eigenvalue weighted by molar-refractivity contribution is 0.0663. The van der Waals surface area contributed by atoms with E-state index in [1.807, 2.05) is 0 Å². The molecule has 1 heterocycles. The van der Waals surface area contributed by atoms with Crippen LogP contribution < -0.4 is 5.32 Å². The standard InChI is InChI=1S/C8H8BrNO3/c9-5-3-6(8(11)12)13-7(5)10-4-1-2-4/h3-4,10H,1-2H2,(H,11,12). The second-order valence-corrected chi connectivity index (χ2v) is 3.87. The summed E-state index contributed by atoms with van der Waals surface area (Å²) in [5.74, 6) is -0.584. The summed E-state index contributed by atoms with van der Waals surface area (Å²) in [5.41, 5.74) is 0. The number of aromatic carboxylic acids is 1. The van der Waals surface area contributed by atoms with Crippen molar-refractivity contribution in [2.45, 2.75) is 18.9 Å². The van der Waals surface area contributed by atoms with E-state index in [0.29, 0.717) is 16.4 Å². The average Bonchev–Trinajstić information content (AvgIpc) is 2.78. The first-order chi connectivity index (χ1) is 6.16. The third kappa shape index (κ3) is 1.85. The van der Waals surface area contributed by atoms with Crippen LogP contribution in [0, 0.1) is 0 Å². The zero-order chi connectivity index (χ0) is 9.42. The van der Waals surface area contributed by atoms with Crippen LogP contribution in [-0.4, -0.2) is 17.1 Å². The van der Waals surface area contributed by atoms with E-state index in [4.69, 9.17) is 9.52 Å². The Morgan fingerprint density at radius 3 is 2.85 bits per heavy atom. The quantitative estimate of drug-likeness (QED) is 0.858. The lowest BCUT2D eigenvalue weighted by Crippen LogP contribution is -1.99. The van der Waals surface area contributed by atoms with Crippen molar-refractivity contribution in [3.05, 3.63) is 16.3 Å². The molecule has 0 unspecified atom stereocenters. The largest absolute Gasteiger partial charge is 0.475 e. The summed E-state index contributed by atoms with van der Waals surface area (Å²) in [7, 11) is 0. The smallest absolute Gasteiger partial charge is 0.371 e. The van der Waals surface area contributed by atoms with Crippen molar-refractivity contribution in [1.82, 2.24) is 0 Å². The van der Waals surface area contributed by atoms with Gasteiger partial charge in [0, 0.05) is 12.1 Å². The Balaban J connectivity index is 2.18. The number of carbonyl (C=O) groups is 1. The topological polar surface area (TPSA) is 62.5 Å². The summed E-state index contributed by atoms with van der Waals surface area (Å²) in [5, 5.41) is 11.7. The van der Waals surface area contributed by atoms with Crippen LogP contribution in [0.5, 0.6) is 0 Å². The van der Waals surface area contributed by atoms with Gasteiger partial charge in [0.15, 0.2) is 0 Å². The summed E-state index contributed by atoms with van der Waals surface area (Å²) in [6, 6.07) is 1.90. The Labute approximate surface area is 83.1 Å². The van der Waals surface area contributed by atoms with Gasteiger partial charge in [0.2, 0.25) is 11.6 Å². The van der Waals surface area contributed by atoms with E-state index in [1.54, 1.807) is 0 Å². The van der Waals surface area contributed by atoms with Gasteiger partial charge in [-0.1, -0.05) is 0 Å². The van der Waals surface area contributed by atoms with Gasteiger partial charge in [0.25, 0.3) is 0 Å². The summed E-state index contributed by atoms with van der Waals surface area (Å²) in [6.07, 6.45) is 2.24. The minimum Gasteiger partial charge on any atom is -0.475 e. The SMILES string of the molecule is O=C(O)c1cc(Br)c(NC2CC2)o1. The number of carboxylic acid groups (broad SMARTS) is 1. The van der Waals surface area contributed by atoms with E-state index in [1.165, 1.54) is 6.07 Å². The van der Waals surface area contributed by atoms with E-state index < -0.39 is 5.97 Å². The van der Waals surface area contributed by atoms with E-state index in [-0.39, 0.29) is 5.76 Å². The van der Waals surface area contributed by atoms with Gasteiger partial charge in [-0.15, -0.1) is 0 Å². The summed E-state index contributed by atoms with van der Waals surface area (Å²) in [6.45, 7) is 0. The van der Waals surface area contributed by atoms with E-state index in [9.17, 15) is 4.79 Å². The van der Waals surface area contributed by atoms with Gasteiger partial charge in [-0.25, -0.2) is 4.79 Å². The third-order valence-corrected chi connectivity index (χ3v) is 2.40. The highest BCUT2D eigenvalue weighted by Gasteiger charge is 2.24. The number of hydrogen-bond acceptors (Lipinski definition) is 3. The molecule has 1 aromatic heterocycles. The van der Waals surface area contributed by atoms with Crippen molar-refractivity contribution in [3.8, 4) is 0 Å². The molecule has 70 valence electrons. The van der Waals surface area contributed by atoms with Crippen LogP contribution in [0.15, 0.2) is 15.0 Å². The molecule has 2 N–H and O–H groups in total. The zero-order valence-corrected chi connectivity index (χ0v) is 8.30. The molecule has 0 aliphatic heterocycles. The molecule has 1 aliphatic rings. The predicted molar refractivity (Wildman–Crippen MR) is 50.0 cm³/mol. The highest BCUT2D eigenvalue weighted by molar-refractivity contribution is 9.10. The number of rotatable bonds is 3. The van der Waals surface area contributed by atoms with Crippen LogP contribution in [0.1, 0.15) is 23.4 Å². The lowest BCUT2D eigenvalue weighted by atomic mass is 10.4. The second kappa shape index (κ2) is 3.06. The first-order valence-electron chi connectivity index (χ1n) is 3.96. The molecule has 0 atom stereocenters. The number of carboxylic acids is 1. The van der Waals surface area contributed by atoms with Crippen molar-refractivity contribution in [3.63, 3.8) is 0 Å². The van der Waals surface area contributed by atoms with Gasteiger partial charge in [0.05, 0.1) is 4.47 Å². The van der Waals surface area contributed by atoms with Crippen LogP contribution >= 0.6 is 15.9 Å². The average molecular weight is 246 g/mol. The molecule has 0 amide bonds. The fraction of sp³-hybridized carbons (Fsp3) is 0.375. The predicted octanol–water partition coefficient (Wildman–Crippen LogP) is 2.31. The molecule has 1 aliphatic carbocycles. The molecule has 4 nitrogen and oxygen atoms in total. The molecule has 1 aromatic rings. The van der Waals surface area contributed by atoms with Crippen LogP contribution in [0.3, 0.4) is 0 Å². The molecule has 0 aromatic carbocycles. The highest BCUT2D eigenvalue weighted by Crippen LogP contribution is 2.32. The lowest BCUT2D eigenvalue weighted by Gasteiger charge is -1.98. The Kier molecular flexibility index (Phi) is 2.03. The number of halogens is 1. The van der Waals surface area contributed by atoms with Gasteiger partial charge in [-0.2, -0.15) is 0 Å². The van der Waals surface area contributed by atoms with Crippen molar-refractivity contribution < 1.29 is 14.3 Å². The van der Waals surface area contributed by atoms with Gasteiger partial charge in [-0.3, -0.25) is 0 Å². The Hall–Kier alpha value is -0.970. The van der Waals surface area contributed by atoms with Crippen molar-refractivity contribution in [2.75, 3.05) is 5.32 Å². The van der Waals surface area contributed by atoms with Crippen LogP contribution in [-0.2, 0) is 0 Å². The molecular weight excluding hydrogens is 238 g/mol. The van der Waals surface area contributed by atoms with Crippen molar-refractivity contribution in [1.29, 1.82) is 0 Å². The summed E-state index contributed by atoms with van der Waals surface area (Å²) < 4.78 is 5.73. The van der Waals surface area contributed by atoms with E-state index in [2.05, 4.69) is 21.2 Å². The number of furan rings is 1. The molecule has 2 rings (SSSR count). The molecular formula is C8H8BrNO3. The molecule has 0 radical (unpaired) electrons. The Morgan fingerprint density at radius 1 is 1.69 bits per heavy atom. The first-order valence-corrected chi connectivity index (χ1v) is 4.75. The maximum Gasteiger partial charge on any atom is 0.371 e. The fourth-order valence-electron chi connectivity index (χ4n) is 0.986. The van der Waals surface area contributed by atoms with Crippen molar-refractivity contribution in [2.24, 2.45) is 0 Å². The molecule has 13 heavy (non-hydrogen) atoms. The maximum absolute atomic E-state index is 10.5. The van der Waals surface area contributed by atoms with Gasteiger partial charge in [-0.05, 0) is 28.8 Å². The van der Waals surface area contributed by atoms with Crippen LogP contribution in [0.25, 0.3) is 0 Å². The minimum atomic E-state index is -1.05. The van der Waals surface area contributed by atoms with E-state index >= 15 is 0 Å². The van der Waals surface area contributed by atoms with Crippen molar-refractivity contribution >= 4 is 27.8 Å². The number of nitrogens with one attached hydrogen (secondary N) is 1. The van der Waals surface area contributed by atoms with E-state index in [0.717, 1.165) is 12.8 Å². The fourth-order valence-corrected chi connectivity index (χ4v) is 1.39. The Morgan fingerprint density at radius 2 is 2.38 bits per heavy atom. The molecule has 1 fully saturated rings. The third-order valence-electron chi connectivity index (χ3n) is 1.81. The van der Waals surface area contributed by atoms with Crippen LogP contribution in [0.4, 0.5) is 5.88 Å². The van der Waals surface area contributed by atoms with Gasteiger partial charge < -0.3 is 14.8 Å². The minimum absolute atomic E-state index is 0.0463. The zero-order valence-electron chi connectivity index (χ0n) is 6.71. The number of anilines is 1. The summed E-state index contributed by atoms with van der Waals surface area (Å²) >= 11 is 3.22. The van der Waals surface area contributed by atoms with Gasteiger partial charge >= 0.3 is 5.97 Å². The molecule has 0 spiro atoms. The molecule has 5 heteroatoms. The maximum atomic E-state index is 10.5.